The average molecular weight is 238 g/mol. The molecule has 17 heavy (non-hydrogen) atoms. The van der Waals surface area contributed by atoms with Crippen molar-refractivity contribution < 1.29 is 19.1 Å². The van der Waals surface area contributed by atoms with E-state index < -0.39 is 5.97 Å². The Bertz CT molecular complexity index is 432. The molecule has 1 amide bonds. The topological polar surface area (TPSA) is 83.6 Å². The van der Waals surface area contributed by atoms with Crippen LogP contribution in [-0.4, -0.2) is 40.0 Å². The van der Waals surface area contributed by atoms with Crippen molar-refractivity contribution in [3.8, 4) is 0 Å². The Kier molecular flexibility index (Phi) is 3.12. The summed E-state index contributed by atoms with van der Waals surface area (Å²) in [5.41, 5.74) is 0.661. The largest absolute Gasteiger partial charge is 0.481 e. The van der Waals surface area contributed by atoms with Gasteiger partial charge in [0, 0.05) is 13.1 Å². The third-order valence-electron chi connectivity index (χ3n) is 2.93. The molecule has 2 heterocycles. The summed E-state index contributed by atoms with van der Waals surface area (Å²) in [6.07, 6.45) is 2.40. The molecule has 1 aliphatic rings. The van der Waals surface area contributed by atoms with Gasteiger partial charge in [-0.3, -0.25) is 9.59 Å². The van der Waals surface area contributed by atoms with Crippen LogP contribution in [0.5, 0.6) is 0 Å². The average Bonchev–Trinajstić information content (AvgIpc) is 2.75. The number of aromatic nitrogens is 1. The fraction of sp³-hybridized carbons (Fsp3) is 0.545. The van der Waals surface area contributed by atoms with Gasteiger partial charge in [0.15, 0.2) is 0 Å². The predicted molar refractivity (Wildman–Crippen MR) is 57.5 cm³/mol. The van der Waals surface area contributed by atoms with Gasteiger partial charge in [-0.05, 0) is 19.8 Å². The van der Waals surface area contributed by atoms with Crippen LogP contribution in [0.2, 0.25) is 0 Å². The lowest BCUT2D eigenvalue weighted by Crippen LogP contribution is -2.40. The van der Waals surface area contributed by atoms with Crippen molar-refractivity contribution in [1.29, 1.82) is 0 Å². The Balaban J connectivity index is 1.97. The monoisotopic (exact) mass is 238 g/mol. The van der Waals surface area contributed by atoms with E-state index >= 15 is 0 Å². The molecule has 1 aromatic rings. The summed E-state index contributed by atoms with van der Waals surface area (Å²) >= 11 is 0. The number of aliphatic carboxylic acids is 1. The van der Waals surface area contributed by atoms with Crippen molar-refractivity contribution in [3.05, 3.63) is 17.8 Å². The van der Waals surface area contributed by atoms with Crippen LogP contribution in [0.25, 0.3) is 0 Å². The SMILES string of the molecule is Cc1coc(C(=O)N2CCC(C(=O)O)CC2)n1. The Morgan fingerprint density at radius 3 is 2.59 bits per heavy atom. The zero-order chi connectivity index (χ0) is 12.4. The van der Waals surface area contributed by atoms with E-state index in [0.29, 0.717) is 31.6 Å². The number of carbonyl (C=O) groups is 2. The molecule has 0 aromatic carbocycles. The van der Waals surface area contributed by atoms with E-state index in [1.807, 2.05) is 0 Å². The highest BCUT2D eigenvalue weighted by Gasteiger charge is 2.29. The molecule has 2 rings (SSSR count). The van der Waals surface area contributed by atoms with Gasteiger partial charge in [0.1, 0.15) is 6.26 Å². The highest BCUT2D eigenvalue weighted by atomic mass is 16.4. The summed E-state index contributed by atoms with van der Waals surface area (Å²) in [5.74, 6) is -1.31. The van der Waals surface area contributed by atoms with Crippen LogP contribution in [0.3, 0.4) is 0 Å². The van der Waals surface area contributed by atoms with Gasteiger partial charge in [0.05, 0.1) is 11.6 Å². The molecule has 0 atom stereocenters. The lowest BCUT2D eigenvalue weighted by molar-refractivity contribution is -0.143. The number of aryl methyl sites for hydroxylation is 1. The number of hydrogen-bond acceptors (Lipinski definition) is 4. The Hall–Kier alpha value is -1.85. The van der Waals surface area contributed by atoms with Crippen molar-refractivity contribution in [1.82, 2.24) is 9.88 Å². The molecular formula is C11H14N2O4. The third-order valence-corrected chi connectivity index (χ3v) is 2.93. The van der Waals surface area contributed by atoms with Gasteiger partial charge < -0.3 is 14.4 Å². The van der Waals surface area contributed by atoms with Gasteiger partial charge in [0.25, 0.3) is 5.89 Å². The minimum Gasteiger partial charge on any atom is -0.481 e. The first kappa shape index (κ1) is 11.6. The quantitative estimate of drug-likeness (QED) is 0.828. The number of hydrogen-bond donors (Lipinski definition) is 1. The fourth-order valence-electron chi connectivity index (χ4n) is 1.92. The van der Waals surface area contributed by atoms with Crippen molar-refractivity contribution in [2.24, 2.45) is 5.92 Å². The molecule has 0 spiro atoms. The van der Waals surface area contributed by atoms with Crippen LogP contribution in [0.4, 0.5) is 0 Å². The van der Waals surface area contributed by atoms with Crippen molar-refractivity contribution in [3.63, 3.8) is 0 Å². The molecule has 0 aliphatic carbocycles. The fourth-order valence-corrected chi connectivity index (χ4v) is 1.92. The summed E-state index contributed by atoms with van der Waals surface area (Å²) in [6, 6.07) is 0. The first-order valence-corrected chi connectivity index (χ1v) is 5.52. The molecule has 1 aromatic heterocycles. The summed E-state index contributed by atoms with van der Waals surface area (Å²) in [7, 11) is 0. The lowest BCUT2D eigenvalue weighted by atomic mass is 9.97. The van der Waals surface area contributed by atoms with E-state index in [9.17, 15) is 9.59 Å². The number of piperidine rings is 1. The molecule has 6 nitrogen and oxygen atoms in total. The molecule has 0 saturated carbocycles. The zero-order valence-corrected chi connectivity index (χ0v) is 9.55. The molecule has 0 bridgehead atoms. The summed E-state index contributed by atoms with van der Waals surface area (Å²) < 4.78 is 5.03. The highest BCUT2D eigenvalue weighted by Crippen LogP contribution is 2.19. The number of nitrogens with zero attached hydrogens (tertiary/aromatic N) is 2. The van der Waals surface area contributed by atoms with Crippen molar-refractivity contribution >= 4 is 11.9 Å². The molecule has 1 aliphatic heterocycles. The molecular weight excluding hydrogens is 224 g/mol. The van der Waals surface area contributed by atoms with Crippen LogP contribution >= 0.6 is 0 Å². The van der Waals surface area contributed by atoms with E-state index in [1.165, 1.54) is 6.26 Å². The van der Waals surface area contributed by atoms with E-state index in [4.69, 9.17) is 9.52 Å². The molecule has 1 saturated heterocycles. The number of carboxylic acid groups (broad SMARTS) is 1. The van der Waals surface area contributed by atoms with Crippen LogP contribution in [-0.2, 0) is 4.79 Å². The maximum Gasteiger partial charge on any atom is 0.309 e. The predicted octanol–water partition coefficient (Wildman–Crippen LogP) is 0.920. The second-order valence-electron chi connectivity index (χ2n) is 4.20. The Labute approximate surface area is 98.2 Å². The van der Waals surface area contributed by atoms with Gasteiger partial charge in [-0.2, -0.15) is 0 Å². The smallest absolute Gasteiger partial charge is 0.309 e. The van der Waals surface area contributed by atoms with Crippen molar-refractivity contribution in [2.45, 2.75) is 19.8 Å². The number of oxazole rings is 1. The van der Waals surface area contributed by atoms with Gasteiger partial charge in [-0.25, -0.2) is 4.98 Å². The van der Waals surface area contributed by atoms with Gasteiger partial charge in [-0.1, -0.05) is 0 Å². The standard InChI is InChI=1S/C11H14N2O4/c1-7-6-17-9(12-7)10(14)13-4-2-8(3-5-13)11(15)16/h6,8H,2-5H2,1H3,(H,15,16). The second-order valence-corrected chi connectivity index (χ2v) is 4.20. The minimum atomic E-state index is -0.788. The van der Waals surface area contributed by atoms with Gasteiger partial charge in [0.2, 0.25) is 0 Å². The van der Waals surface area contributed by atoms with Gasteiger partial charge in [-0.15, -0.1) is 0 Å². The number of carbonyl (C=O) groups excluding carboxylic acids is 1. The lowest BCUT2D eigenvalue weighted by Gasteiger charge is -2.28. The highest BCUT2D eigenvalue weighted by molar-refractivity contribution is 5.89. The molecule has 1 fully saturated rings. The van der Waals surface area contributed by atoms with Crippen LogP contribution in [0.1, 0.15) is 29.2 Å². The number of carboxylic acids is 1. The second kappa shape index (κ2) is 4.57. The molecule has 0 radical (unpaired) electrons. The zero-order valence-electron chi connectivity index (χ0n) is 9.55. The maximum absolute atomic E-state index is 11.9. The Morgan fingerprint density at radius 2 is 2.12 bits per heavy atom. The van der Waals surface area contributed by atoms with E-state index in [1.54, 1.807) is 11.8 Å². The first-order chi connectivity index (χ1) is 8.08. The van der Waals surface area contributed by atoms with Crippen LogP contribution in [0.15, 0.2) is 10.7 Å². The first-order valence-electron chi connectivity index (χ1n) is 5.52. The van der Waals surface area contributed by atoms with Crippen LogP contribution < -0.4 is 0 Å². The van der Waals surface area contributed by atoms with E-state index in [-0.39, 0.29) is 17.7 Å². The van der Waals surface area contributed by atoms with Crippen molar-refractivity contribution in [2.75, 3.05) is 13.1 Å². The number of amides is 1. The summed E-state index contributed by atoms with van der Waals surface area (Å²) in [4.78, 5) is 28.2. The summed E-state index contributed by atoms with van der Waals surface area (Å²) in [6.45, 7) is 2.63. The maximum atomic E-state index is 11.9. The molecule has 1 N–H and O–H groups in total. The summed E-state index contributed by atoms with van der Waals surface area (Å²) in [5, 5.41) is 8.85. The molecule has 6 heteroatoms. The normalized spacial score (nSPS) is 17.1. The van der Waals surface area contributed by atoms with E-state index in [2.05, 4.69) is 4.98 Å². The third kappa shape index (κ3) is 2.46. The van der Waals surface area contributed by atoms with Crippen LogP contribution in [0, 0.1) is 12.8 Å². The van der Waals surface area contributed by atoms with Gasteiger partial charge >= 0.3 is 11.9 Å². The molecule has 0 unspecified atom stereocenters. The Morgan fingerprint density at radius 1 is 1.47 bits per heavy atom. The number of rotatable bonds is 2. The molecule has 92 valence electrons. The van der Waals surface area contributed by atoms with E-state index in [0.717, 1.165) is 0 Å². The minimum absolute atomic E-state index is 0.0799. The number of likely N-dealkylation sites (tertiary alicyclic amines) is 1.